The summed E-state index contributed by atoms with van der Waals surface area (Å²) in [6.45, 7) is 3.98. The lowest BCUT2D eigenvalue weighted by molar-refractivity contribution is -0.157. The van der Waals surface area contributed by atoms with E-state index >= 15 is 0 Å². The molecular weight excluding hydrogens is 689 g/mol. The van der Waals surface area contributed by atoms with Gasteiger partial charge in [0.1, 0.15) is 18.4 Å². The van der Waals surface area contributed by atoms with E-state index in [1.54, 1.807) is 26.2 Å². The molecule has 7 atom stereocenters. The van der Waals surface area contributed by atoms with E-state index in [1.165, 1.54) is 18.9 Å². The Hall–Kier alpha value is -4.55. The van der Waals surface area contributed by atoms with E-state index in [4.69, 9.17) is 23.7 Å². The Labute approximate surface area is 305 Å². The van der Waals surface area contributed by atoms with Crippen molar-refractivity contribution in [2.24, 2.45) is 0 Å². The monoisotopic (exact) mass is 728 g/mol. The Kier molecular flexibility index (Phi) is 7.51. The number of likely N-dealkylation sites (N-methyl/N-ethyl adjacent to an activating group) is 1. The van der Waals surface area contributed by atoms with Crippen molar-refractivity contribution >= 4 is 17.7 Å². The number of carbonyl (C=O) groups excluding carboxylic acids is 1. The molecule has 1 spiro atoms. The van der Waals surface area contributed by atoms with Gasteiger partial charge in [0.05, 0.1) is 37.6 Å². The van der Waals surface area contributed by atoms with Gasteiger partial charge < -0.3 is 39.0 Å². The summed E-state index contributed by atoms with van der Waals surface area (Å²) in [5, 5.41) is 48.8. The van der Waals surface area contributed by atoms with Crippen LogP contribution in [-0.4, -0.2) is 96.2 Å². The van der Waals surface area contributed by atoms with Crippen LogP contribution in [0, 0.1) is 25.2 Å². The summed E-state index contributed by atoms with van der Waals surface area (Å²) in [6.07, 6.45) is 1.09. The molecule has 3 aromatic rings. The molecule has 0 amide bonds. The van der Waals surface area contributed by atoms with Gasteiger partial charge in [-0.1, -0.05) is 6.07 Å². The Morgan fingerprint density at radius 1 is 1.02 bits per heavy atom. The smallest absolute Gasteiger partial charge is 0.331 e. The van der Waals surface area contributed by atoms with Crippen LogP contribution < -0.4 is 24.3 Å². The van der Waals surface area contributed by atoms with Crippen molar-refractivity contribution in [1.29, 1.82) is 5.26 Å². The van der Waals surface area contributed by atoms with Crippen LogP contribution in [0.25, 0.3) is 0 Å². The molecule has 2 fully saturated rings. The van der Waals surface area contributed by atoms with Gasteiger partial charge >= 0.3 is 5.97 Å². The number of carbonyl (C=O) groups is 1. The van der Waals surface area contributed by atoms with E-state index in [9.17, 15) is 25.4 Å². The fourth-order valence-corrected chi connectivity index (χ4v) is 11.6. The van der Waals surface area contributed by atoms with Crippen LogP contribution in [0.15, 0.2) is 18.2 Å². The molecule has 13 nitrogen and oxygen atoms in total. The molecule has 0 aliphatic carbocycles. The second kappa shape index (κ2) is 11.7. The third kappa shape index (κ3) is 4.24. The first-order valence-electron chi connectivity index (χ1n) is 17.4. The molecule has 0 aromatic heterocycles. The average molecular weight is 729 g/mol. The van der Waals surface area contributed by atoms with Crippen molar-refractivity contribution in [1.82, 2.24) is 15.1 Å². The molecule has 272 valence electrons. The number of thioether (sulfide) groups is 1. The Morgan fingerprint density at radius 2 is 1.81 bits per heavy atom. The normalized spacial score (nSPS) is 30.0. The fraction of sp³-hybridized carbons (Fsp3) is 0.474. The van der Waals surface area contributed by atoms with E-state index in [2.05, 4.69) is 21.2 Å². The predicted octanol–water partition coefficient (Wildman–Crippen LogP) is 3.77. The first-order chi connectivity index (χ1) is 25.1. The minimum atomic E-state index is -1.33. The number of aromatic hydroxyl groups is 3. The topological polar surface area (TPSA) is 166 Å². The van der Waals surface area contributed by atoms with Crippen molar-refractivity contribution in [3.05, 3.63) is 62.7 Å². The number of phenolic OH excluding ortho intramolecular Hbond substituents is 3. The molecule has 3 aromatic carbocycles. The quantitative estimate of drug-likeness (QED) is 0.282. The number of hydrogen-bond acceptors (Lipinski definition) is 14. The highest BCUT2D eigenvalue weighted by atomic mass is 32.2. The summed E-state index contributed by atoms with van der Waals surface area (Å²) in [5.41, 5.74) is 4.43. The number of methoxy groups -OCH3 is 2. The number of nitrogens with zero attached hydrogens (tertiary/aromatic N) is 3. The fourth-order valence-electron chi connectivity index (χ4n) is 9.92. The minimum absolute atomic E-state index is 0.0111. The van der Waals surface area contributed by atoms with Crippen molar-refractivity contribution in [2.45, 2.75) is 67.7 Å². The number of esters is 1. The zero-order chi connectivity index (χ0) is 36.4. The number of benzene rings is 3. The lowest BCUT2D eigenvalue weighted by Crippen LogP contribution is -2.69. The third-order valence-electron chi connectivity index (χ3n) is 12.2. The van der Waals surface area contributed by atoms with E-state index in [0.29, 0.717) is 58.9 Å². The van der Waals surface area contributed by atoms with Crippen LogP contribution in [0.4, 0.5) is 0 Å². The largest absolute Gasteiger partial charge is 0.507 e. The number of piperazine rings is 1. The van der Waals surface area contributed by atoms with Gasteiger partial charge in [0.2, 0.25) is 6.79 Å². The highest BCUT2D eigenvalue weighted by Crippen LogP contribution is 2.64. The molecule has 52 heavy (non-hydrogen) atoms. The molecule has 4 N–H and O–H groups in total. The highest BCUT2D eigenvalue weighted by molar-refractivity contribution is 7.99. The van der Waals surface area contributed by atoms with Gasteiger partial charge in [0, 0.05) is 46.6 Å². The minimum Gasteiger partial charge on any atom is -0.507 e. The zero-order valence-corrected chi connectivity index (χ0v) is 30.3. The van der Waals surface area contributed by atoms with Gasteiger partial charge in [0.15, 0.2) is 40.0 Å². The van der Waals surface area contributed by atoms with E-state index < -0.39 is 40.9 Å². The van der Waals surface area contributed by atoms with Gasteiger partial charge in [-0.25, -0.2) is 4.79 Å². The van der Waals surface area contributed by atoms with Crippen LogP contribution in [0.1, 0.15) is 61.8 Å². The molecule has 4 bridgehead atoms. The summed E-state index contributed by atoms with van der Waals surface area (Å²) in [4.78, 5) is 19.0. The van der Waals surface area contributed by atoms with Crippen molar-refractivity contribution in [3.8, 4) is 46.3 Å². The highest BCUT2D eigenvalue weighted by Gasteiger charge is 2.61. The number of nitriles is 1. The van der Waals surface area contributed by atoms with Crippen LogP contribution in [-0.2, 0) is 27.9 Å². The number of ether oxygens (including phenoxy) is 5. The molecule has 7 heterocycles. The molecular formula is C38H40N4O9S. The standard InChI is InChI=1S/C38H40N4O9S/c1-16-8-19-9-21-22(12-39)42-23-13-49-37(46)38(20-11-25(47-4)24(43)10-18(20)6-7-40-38)14-52-36(28-27(23)35-34(50-15-51-35)17(2)31(28)44)30(42)29(41(21)3)26(19)32(45)33(16)48-5/h8,10-11,21-23,29-30,36,40,43-45H,6-7,9,13-15H2,1-5H3/t21-,22+,23+,29+,30?,36-,38-/m1/s1. The van der Waals surface area contributed by atoms with Gasteiger partial charge in [0.25, 0.3) is 0 Å². The van der Waals surface area contributed by atoms with Crippen LogP contribution in [0.3, 0.4) is 0 Å². The van der Waals surface area contributed by atoms with Gasteiger partial charge in [-0.15, -0.1) is 11.8 Å². The maximum Gasteiger partial charge on any atom is 0.331 e. The molecule has 7 aliphatic heterocycles. The Morgan fingerprint density at radius 3 is 2.56 bits per heavy atom. The van der Waals surface area contributed by atoms with Gasteiger partial charge in [-0.05, 0) is 68.1 Å². The molecule has 14 heteroatoms. The number of phenols is 3. The number of hydrogen-bond donors (Lipinski definition) is 4. The van der Waals surface area contributed by atoms with E-state index in [-0.39, 0.29) is 48.2 Å². The molecule has 1 unspecified atom stereocenters. The second-order valence-corrected chi connectivity index (χ2v) is 15.6. The Balaban J connectivity index is 1.31. The predicted molar refractivity (Wildman–Crippen MR) is 188 cm³/mol. The van der Waals surface area contributed by atoms with Crippen molar-refractivity contribution < 1.29 is 43.8 Å². The third-order valence-corrected chi connectivity index (χ3v) is 13.7. The molecule has 2 saturated heterocycles. The Bertz CT molecular complexity index is 2100. The maximum absolute atomic E-state index is 14.6. The maximum atomic E-state index is 14.6. The van der Waals surface area contributed by atoms with Crippen molar-refractivity contribution in [3.63, 3.8) is 0 Å². The lowest BCUT2D eigenvalue weighted by Gasteiger charge is -2.62. The molecule has 10 rings (SSSR count). The summed E-state index contributed by atoms with van der Waals surface area (Å²) in [6, 6.07) is 5.46. The van der Waals surface area contributed by atoms with Crippen LogP contribution in [0.5, 0.6) is 40.2 Å². The van der Waals surface area contributed by atoms with Crippen molar-refractivity contribution in [2.75, 3.05) is 47.0 Å². The van der Waals surface area contributed by atoms with Gasteiger partial charge in [-0.3, -0.25) is 15.1 Å². The van der Waals surface area contributed by atoms with Crippen LogP contribution in [0.2, 0.25) is 0 Å². The summed E-state index contributed by atoms with van der Waals surface area (Å²) >= 11 is 1.48. The lowest BCUT2D eigenvalue weighted by atomic mass is 9.71. The first-order valence-corrected chi connectivity index (χ1v) is 18.5. The van der Waals surface area contributed by atoms with Crippen LogP contribution >= 0.6 is 11.8 Å². The molecule has 0 radical (unpaired) electrons. The summed E-state index contributed by atoms with van der Waals surface area (Å²) in [7, 11) is 5.01. The molecule has 0 saturated carbocycles. The molecule has 7 aliphatic rings. The summed E-state index contributed by atoms with van der Waals surface area (Å²) in [5.74, 6) is 1.34. The first kappa shape index (κ1) is 33.3. The summed E-state index contributed by atoms with van der Waals surface area (Å²) < 4.78 is 29.7. The number of nitrogens with one attached hydrogen (secondary N) is 1. The number of fused-ring (bicyclic) bond motifs is 9. The number of rotatable bonds is 2. The SMILES string of the molecule is COc1cc2c(cc1O)CCN[C@]21CS[C@@H]2c3c(O)c(C)c4c(c3[C@H](COC1=O)N1C2[C@@H]2c3c(cc(C)c(OC)c3O)C[C@H]([C@@H]1C#N)N2C)OCO4. The van der Waals surface area contributed by atoms with E-state index in [0.717, 1.165) is 22.3 Å². The van der Waals surface area contributed by atoms with E-state index in [1.807, 2.05) is 20.0 Å². The van der Waals surface area contributed by atoms with Gasteiger partial charge in [-0.2, -0.15) is 5.26 Å². The second-order valence-electron chi connectivity index (χ2n) is 14.5. The average Bonchev–Trinajstić information content (AvgIpc) is 3.62. The zero-order valence-electron chi connectivity index (χ0n) is 29.5. The number of aryl methyl sites for hydroxylation is 1.